The van der Waals surface area contributed by atoms with E-state index in [-0.39, 0.29) is 0 Å². The summed E-state index contributed by atoms with van der Waals surface area (Å²) in [7, 11) is 0. The van der Waals surface area contributed by atoms with Crippen LogP contribution >= 0.6 is 0 Å². The third-order valence-corrected chi connectivity index (χ3v) is 4.66. The second-order valence-electron chi connectivity index (χ2n) is 6.16. The smallest absolute Gasteiger partial charge is 0.161 e. The maximum Gasteiger partial charge on any atom is 0.161 e. The number of rotatable bonds is 4. The molecule has 5 nitrogen and oxygen atoms in total. The van der Waals surface area contributed by atoms with Crippen LogP contribution in [0.15, 0.2) is 42.7 Å². The number of aromatic nitrogens is 4. The summed E-state index contributed by atoms with van der Waals surface area (Å²) in [5, 5.41) is 0. The van der Waals surface area contributed by atoms with Crippen molar-refractivity contribution in [3.05, 3.63) is 42.7 Å². The molecule has 118 valence electrons. The molecule has 1 unspecified atom stereocenters. The van der Waals surface area contributed by atoms with Crippen LogP contribution < -0.4 is 0 Å². The van der Waals surface area contributed by atoms with Gasteiger partial charge >= 0.3 is 0 Å². The fourth-order valence-electron chi connectivity index (χ4n) is 3.43. The van der Waals surface area contributed by atoms with E-state index in [9.17, 15) is 0 Å². The molecule has 0 spiro atoms. The lowest BCUT2D eigenvalue weighted by atomic mass is 10.1. The lowest BCUT2D eigenvalue weighted by Gasteiger charge is -2.15. The largest absolute Gasteiger partial charge is 0.307 e. The topological polar surface area (TPSA) is 46.8 Å². The van der Waals surface area contributed by atoms with Crippen LogP contribution in [-0.4, -0.2) is 44.1 Å². The first-order valence-corrected chi connectivity index (χ1v) is 8.30. The summed E-state index contributed by atoms with van der Waals surface area (Å²) in [6, 6.07) is 9.93. The fraction of sp³-hybridized carbons (Fsp3) is 0.389. The summed E-state index contributed by atoms with van der Waals surface area (Å²) in [5.74, 6) is 1.58. The Bertz CT molecular complexity index is 796. The highest BCUT2D eigenvalue weighted by atomic mass is 15.2. The Hall–Kier alpha value is -2.27. The molecule has 0 bridgehead atoms. The van der Waals surface area contributed by atoms with Gasteiger partial charge in [0.1, 0.15) is 11.2 Å². The monoisotopic (exact) mass is 307 g/mol. The first-order valence-electron chi connectivity index (χ1n) is 8.30. The highest BCUT2D eigenvalue weighted by Crippen LogP contribution is 2.26. The van der Waals surface area contributed by atoms with Crippen molar-refractivity contribution in [1.29, 1.82) is 0 Å². The van der Waals surface area contributed by atoms with Crippen LogP contribution in [-0.2, 0) is 6.54 Å². The van der Waals surface area contributed by atoms with Crippen LogP contribution in [0.25, 0.3) is 22.7 Å². The van der Waals surface area contributed by atoms with Gasteiger partial charge in [0.25, 0.3) is 0 Å². The van der Waals surface area contributed by atoms with E-state index in [0.29, 0.717) is 5.92 Å². The van der Waals surface area contributed by atoms with Gasteiger partial charge in [-0.1, -0.05) is 13.0 Å². The summed E-state index contributed by atoms with van der Waals surface area (Å²) < 4.78 is 2.25. The number of pyridine rings is 2. The van der Waals surface area contributed by atoms with Crippen molar-refractivity contribution in [2.45, 2.75) is 19.9 Å². The highest BCUT2D eigenvalue weighted by Gasteiger charge is 2.24. The molecule has 3 aromatic heterocycles. The van der Waals surface area contributed by atoms with Crippen LogP contribution in [0.3, 0.4) is 0 Å². The molecule has 1 atom stereocenters. The molecule has 0 N–H and O–H groups in total. The van der Waals surface area contributed by atoms with Crippen molar-refractivity contribution in [2.24, 2.45) is 5.92 Å². The van der Waals surface area contributed by atoms with Crippen LogP contribution in [0.2, 0.25) is 0 Å². The van der Waals surface area contributed by atoms with Crippen molar-refractivity contribution in [3.8, 4) is 11.5 Å². The molecule has 23 heavy (non-hydrogen) atoms. The first kappa shape index (κ1) is 14.3. The fourth-order valence-corrected chi connectivity index (χ4v) is 3.43. The lowest BCUT2D eigenvalue weighted by Crippen LogP contribution is -2.21. The van der Waals surface area contributed by atoms with E-state index in [2.05, 4.69) is 26.4 Å². The van der Waals surface area contributed by atoms with E-state index < -0.39 is 0 Å². The third-order valence-electron chi connectivity index (χ3n) is 4.66. The molecule has 0 aliphatic carbocycles. The number of nitrogens with zero attached hydrogens (tertiary/aromatic N) is 5. The van der Waals surface area contributed by atoms with Crippen molar-refractivity contribution >= 4 is 11.2 Å². The van der Waals surface area contributed by atoms with Gasteiger partial charge in [-0.25, -0.2) is 9.97 Å². The summed E-state index contributed by atoms with van der Waals surface area (Å²) in [6.45, 7) is 6.67. The van der Waals surface area contributed by atoms with E-state index in [0.717, 1.165) is 42.3 Å². The Morgan fingerprint density at radius 2 is 2.04 bits per heavy atom. The van der Waals surface area contributed by atoms with Gasteiger partial charge in [-0.2, -0.15) is 0 Å². The predicted octanol–water partition coefficient (Wildman–Crippen LogP) is 2.84. The maximum atomic E-state index is 4.79. The molecule has 4 heterocycles. The SMILES string of the molecule is CCN1CCC(Cn2c(-c3ccccn3)nc3cccnc32)C1. The predicted molar refractivity (Wildman–Crippen MR) is 91.0 cm³/mol. The number of likely N-dealkylation sites (tertiary alicyclic amines) is 1. The van der Waals surface area contributed by atoms with Gasteiger partial charge in [-0.05, 0) is 49.7 Å². The Kier molecular flexibility index (Phi) is 3.79. The van der Waals surface area contributed by atoms with Gasteiger partial charge in [-0.15, -0.1) is 0 Å². The average Bonchev–Trinajstić information content (AvgIpc) is 3.21. The number of imidazole rings is 1. The quantitative estimate of drug-likeness (QED) is 0.743. The number of hydrogen-bond donors (Lipinski definition) is 0. The van der Waals surface area contributed by atoms with E-state index in [4.69, 9.17) is 4.98 Å². The van der Waals surface area contributed by atoms with E-state index in [1.807, 2.05) is 42.7 Å². The van der Waals surface area contributed by atoms with Crippen molar-refractivity contribution in [2.75, 3.05) is 19.6 Å². The molecule has 0 amide bonds. The van der Waals surface area contributed by atoms with Crippen LogP contribution in [0.5, 0.6) is 0 Å². The van der Waals surface area contributed by atoms with Gasteiger partial charge in [0.15, 0.2) is 11.5 Å². The summed E-state index contributed by atoms with van der Waals surface area (Å²) in [5.41, 5.74) is 2.82. The van der Waals surface area contributed by atoms with E-state index in [1.54, 1.807) is 0 Å². The molecule has 3 aromatic rings. The van der Waals surface area contributed by atoms with Crippen molar-refractivity contribution in [1.82, 2.24) is 24.4 Å². The molecule has 1 fully saturated rings. The molecule has 5 heteroatoms. The molecular formula is C18H21N5. The maximum absolute atomic E-state index is 4.79. The Morgan fingerprint density at radius 3 is 2.83 bits per heavy atom. The third kappa shape index (κ3) is 2.72. The zero-order valence-corrected chi connectivity index (χ0v) is 13.4. The average molecular weight is 307 g/mol. The molecule has 0 radical (unpaired) electrons. The Balaban J connectivity index is 1.74. The second kappa shape index (κ2) is 6.08. The first-order chi connectivity index (χ1) is 11.3. The van der Waals surface area contributed by atoms with E-state index in [1.165, 1.54) is 13.0 Å². The zero-order valence-electron chi connectivity index (χ0n) is 13.4. The Morgan fingerprint density at radius 1 is 1.13 bits per heavy atom. The minimum absolute atomic E-state index is 0.650. The molecule has 1 aliphatic rings. The molecule has 4 rings (SSSR count). The second-order valence-corrected chi connectivity index (χ2v) is 6.16. The normalized spacial score (nSPS) is 18.7. The minimum Gasteiger partial charge on any atom is -0.307 e. The summed E-state index contributed by atoms with van der Waals surface area (Å²) in [4.78, 5) is 16.4. The molecule has 0 saturated carbocycles. The van der Waals surface area contributed by atoms with Crippen LogP contribution in [0.1, 0.15) is 13.3 Å². The molecular weight excluding hydrogens is 286 g/mol. The minimum atomic E-state index is 0.650. The zero-order chi connectivity index (χ0) is 15.6. The lowest BCUT2D eigenvalue weighted by molar-refractivity contribution is 0.334. The van der Waals surface area contributed by atoms with Gasteiger partial charge in [-0.3, -0.25) is 4.98 Å². The number of fused-ring (bicyclic) bond motifs is 1. The van der Waals surface area contributed by atoms with Crippen molar-refractivity contribution < 1.29 is 0 Å². The van der Waals surface area contributed by atoms with Crippen molar-refractivity contribution in [3.63, 3.8) is 0 Å². The van der Waals surface area contributed by atoms with Gasteiger partial charge in [0.2, 0.25) is 0 Å². The molecule has 0 aromatic carbocycles. The highest BCUT2D eigenvalue weighted by molar-refractivity contribution is 5.76. The standard InChI is InChI=1S/C18H21N5/c1-2-22-11-8-14(12-22)13-23-17-16(7-5-10-20-17)21-18(23)15-6-3-4-9-19-15/h3-7,9-10,14H,2,8,11-13H2,1H3. The summed E-state index contributed by atoms with van der Waals surface area (Å²) in [6.07, 6.45) is 4.90. The van der Waals surface area contributed by atoms with Gasteiger partial charge < -0.3 is 9.47 Å². The summed E-state index contributed by atoms with van der Waals surface area (Å²) >= 11 is 0. The Labute approximate surface area is 136 Å². The van der Waals surface area contributed by atoms with Crippen LogP contribution in [0.4, 0.5) is 0 Å². The molecule has 1 aliphatic heterocycles. The molecule has 1 saturated heterocycles. The van der Waals surface area contributed by atoms with Crippen LogP contribution in [0, 0.1) is 5.92 Å². The number of hydrogen-bond acceptors (Lipinski definition) is 4. The van der Waals surface area contributed by atoms with E-state index >= 15 is 0 Å². The van der Waals surface area contributed by atoms with Gasteiger partial charge in [0.05, 0.1) is 0 Å². The van der Waals surface area contributed by atoms with Gasteiger partial charge in [0, 0.05) is 25.5 Å².